The fourth-order valence-corrected chi connectivity index (χ4v) is 0.684. The van der Waals surface area contributed by atoms with E-state index < -0.39 is 36.4 Å². The van der Waals surface area contributed by atoms with Gasteiger partial charge in [-0.05, 0) is 0 Å². The zero-order valence-corrected chi connectivity index (χ0v) is 7.77. The average molecular weight is 248 g/mol. The summed E-state index contributed by atoms with van der Waals surface area (Å²) in [6, 6.07) is 0. The fourth-order valence-electron chi connectivity index (χ4n) is 0.684. The van der Waals surface area contributed by atoms with E-state index in [-0.39, 0.29) is 17.1 Å². The summed E-state index contributed by atoms with van der Waals surface area (Å²) in [6.45, 7) is 0. The number of hydrogen-bond donors (Lipinski definition) is 1. The minimum Gasteiger partial charge on any atom is -0.550 e. The Kier molecular flexibility index (Phi) is 6.13. The van der Waals surface area contributed by atoms with E-state index in [0.29, 0.717) is 0 Å². The van der Waals surface area contributed by atoms with Crippen molar-refractivity contribution in [3.8, 4) is 0 Å². The van der Waals surface area contributed by atoms with Crippen LogP contribution in [-0.2, 0) is 31.5 Å². The average Bonchev–Trinajstić information content (AvgIpc) is 1.82. The molecule has 0 unspecified atom stereocenters. The molecule has 1 N–H and O–H groups in total. The SMILES string of the molecule is O=C([O-])CC(O)(CC(=O)[O-])C(=O)[O-].[59Fe+3]. The predicted octanol–water partition coefficient (Wildman–Crippen LogP) is -5.26. The molecule has 0 aromatic rings. The Balaban J connectivity index is 0. The van der Waals surface area contributed by atoms with Crippen molar-refractivity contribution < 1.29 is 51.9 Å². The van der Waals surface area contributed by atoms with Crippen molar-refractivity contribution in [1.29, 1.82) is 0 Å². The molecule has 0 atom stereocenters. The Morgan fingerprint density at radius 3 is 1.43 bits per heavy atom. The zero-order chi connectivity index (χ0) is 10.6. The summed E-state index contributed by atoms with van der Waals surface area (Å²) in [5.74, 6) is -5.98. The zero-order valence-electron chi connectivity index (χ0n) is 6.66. The standard InChI is InChI=1S/C6H8O7.Fe/c7-3(8)1-6(13,5(11)12)2-4(9)10;/h13H,1-2H2,(H,7,8)(H,9,10)(H,11,12);/q;+3/p-3/i;1+3. The maximum atomic E-state index is 10.1. The molecule has 0 aliphatic rings. The third-order valence-electron chi connectivity index (χ3n) is 1.25. The van der Waals surface area contributed by atoms with Gasteiger partial charge in [0.25, 0.3) is 0 Å². The first kappa shape index (κ1) is 15.4. The fraction of sp³-hybridized carbons (Fsp3) is 0.500. The molecule has 79 valence electrons. The minimum absolute atomic E-state index is 0. The van der Waals surface area contributed by atoms with Crippen molar-refractivity contribution in [3.63, 3.8) is 0 Å². The maximum Gasteiger partial charge on any atom is 3.00 e. The van der Waals surface area contributed by atoms with Gasteiger partial charge in [-0.2, -0.15) is 0 Å². The number of carbonyl (C=O) groups is 3. The summed E-state index contributed by atoms with van der Waals surface area (Å²) >= 11 is 0. The van der Waals surface area contributed by atoms with Gasteiger partial charge in [0.05, 0.1) is 5.97 Å². The molecule has 0 aliphatic heterocycles. The van der Waals surface area contributed by atoms with E-state index in [0.717, 1.165) is 0 Å². The van der Waals surface area contributed by atoms with Crippen molar-refractivity contribution in [2.75, 3.05) is 0 Å². The molecule has 0 heterocycles. The predicted molar refractivity (Wildman–Crippen MR) is 29.2 cm³/mol. The van der Waals surface area contributed by atoms with Crippen LogP contribution in [0.3, 0.4) is 0 Å². The molecule has 0 rings (SSSR count). The van der Waals surface area contributed by atoms with Gasteiger partial charge in [-0.1, -0.05) is 0 Å². The van der Waals surface area contributed by atoms with Crippen LogP contribution >= 0.6 is 0 Å². The van der Waals surface area contributed by atoms with Crippen LogP contribution in [0.5, 0.6) is 0 Å². The number of aliphatic carboxylic acids is 3. The van der Waals surface area contributed by atoms with Gasteiger partial charge in [0.15, 0.2) is 0 Å². The molecule has 1 radical (unpaired) electrons. The van der Waals surface area contributed by atoms with E-state index in [4.69, 9.17) is 5.11 Å². The molecular weight excluding hydrogens is 243 g/mol. The molecule has 7 nitrogen and oxygen atoms in total. The Labute approximate surface area is 88.8 Å². The van der Waals surface area contributed by atoms with Crippen LogP contribution in [0.25, 0.3) is 0 Å². The van der Waals surface area contributed by atoms with Crippen LogP contribution in [0.15, 0.2) is 0 Å². The molecule has 0 aliphatic carbocycles. The van der Waals surface area contributed by atoms with E-state index in [1.807, 2.05) is 0 Å². The molecule has 8 heteroatoms. The van der Waals surface area contributed by atoms with Gasteiger partial charge in [0.1, 0.15) is 5.60 Å². The second kappa shape index (κ2) is 5.58. The second-order valence-electron chi connectivity index (χ2n) is 2.42. The monoisotopic (exact) mass is 248 g/mol. The van der Waals surface area contributed by atoms with E-state index in [1.54, 1.807) is 0 Å². The van der Waals surface area contributed by atoms with Crippen molar-refractivity contribution in [2.24, 2.45) is 0 Å². The number of carboxylic acid groups (broad SMARTS) is 3. The number of aliphatic hydroxyl groups is 1. The van der Waals surface area contributed by atoms with Crippen LogP contribution < -0.4 is 15.3 Å². The molecule has 0 aromatic heterocycles. The van der Waals surface area contributed by atoms with Crippen molar-refractivity contribution in [3.05, 3.63) is 0 Å². The third-order valence-corrected chi connectivity index (χ3v) is 1.25. The Bertz CT molecular complexity index is 233. The van der Waals surface area contributed by atoms with Gasteiger partial charge in [0, 0.05) is 24.8 Å². The van der Waals surface area contributed by atoms with Crippen LogP contribution in [0.1, 0.15) is 12.8 Å². The molecular formula is C6H5FeO7. The Hall–Kier alpha value is -1.11. The quantitative estimate of drug-likeness (QED) is 0.479. The van der Waals surface area contributed by atoms with Gasteiger partial charge in [-0.25, -0.2) is 0 Å². The van der Waals surface area contributed by atoms with Gasteiger partial charge >= 0.3 is 17.1 Å². The molecule has 0 bridgehead atoms. The van der Waals surface area contributed by atoms with Crippen LogP contribution in [-0.4, -0.2) is 28.6 Å². The van der Waals surface area contributed by atoms with Crippen molar-refractivity contribution >= 4 is 17.9 Å². The maximum absolute atomic E-state index is 10.1. The van der Waals surface area contributed by atoms with Crippen molar-refractivity contribution in [2.45, 2.75) is 18.4 Å². The Morgan fingerprint density at radius 2 is 1.29 bits per heavy atom. The van der Waals surface area contributed by atoms with E-state index in [9.17, 15) is 29.7 Å². The summed E-state index contributed by atoms with van der Waals surface area (Å²) in [5.41, 5.74) is -2.97. The van der Waals surface area contributed by atoms with Gasteiger partial charge < -0.3 is 34.8 Å². The molecule has 0 spiro atoms. The molecule has 0 aromatic carbocycles. The normalized spacial score (nSPS) is 10.1. The largest absolute Gasteiger partial charge is 3.00 e. The first-order valence-corrected chi connectivity index (χ1v) is 3.11. The van der Waals surface area contributed by atoms with Crippen LogP contribution in [0.4, 0.5) is 0 Å². The first-order chi connectivity index (χ1) is 5.78. The Morgan fingerprint density at radius 1 is 1.00 bits per heavy atom. The topological polar surface area (TPSA) is 141 Å². The number of rotatable bonds is 5. The second-order valence-corrected chi connectivity index (χ2v) is 2.42. The summed E-state index contributed by atoms with van der Waals surface area (Å²) in [6.07, 6.45) is -2.72. The third kappa shape index (κ3) is 4.80. The van der Waals surface area contributed by atoms with E-state index in [1.165, 1.54) is 0 Å². The number of hydrogen-bond acceptors (Lipinski definition) is 7. The van der Waals surface area contributed by atoms with E-state index >= 15 is 0 Å². The van der Waals surface area contributed by atoms with Gasteiger partial charge in [-0.3, -0.25) is 0 Å². The van der Waals surface area contributed by atoms with Gasteiger partial charge in [0.2, 0.25) is 0 Å². The van der Waals surface area contributed by atoms with Crippen molar-refractivity contribution in [1.82, 2.24) is 0 Å². The van der Waals surface area contributed by atoms with Crippen LogP contribution in [0, 0.1) is 0 Å². The molecule has 0 amide bonds. The molecule has 0 saturated heterocycles. The molecule has 0 fully saturated rings. The summed E-state index contributed by atoms with van der Waals surface area (Å²) in [5, 5.41) is 38.9. The number of carboxylic acids is 3. The summed E-state index contributed by atoms with van der Waals surface area (Å²) < 4.78 is 0. The summed E-state index contributed by atoms with van der Waals surface area (Å²) in [7, 11) is 0. The minimum atomic E-state index is -2.97. The first-order valence-electron chi connectivity index (χ1n) is 3.11. The van der Waals surface area contributed by atoms with E-state index in [2.05, 4.69) is 0 Å². The molecule has 0 saturated carbocycles. The number of carbonyl (C=O) groups excluding carboxylic acids is 3. The smallest absolute Gasteiger partial charge is 0.550 e. The van der Waals surface area contributed by atoms with Gasteiger partial charge in [-0.15, -0.1) is 0 Å². The summed E-state index contributed by atoms with van der Waals surface area (Å²) in [4.78, 5) is 30.0. The van der Waals surface area contributed by atoms with Crippen LogP contribution in [0.2, 0.25) is 0 Å². The molecule has 14 heavy (non-hydrogen) atoms.